The van der Waals surface area contributed by atoms with E-state index in [9.17, 15) is 0 Å². The molecule has 1 aliphatic rings. The normalized spacial score (nSPS) is 12.5. The number of hydrogen-bond acceptors (Lipinski definition) is 8. The maximum Gasteiger partial charge on any atom is 0.228 e. The van der Waals surface area contributed by atoms with Gasteiger partial charge >= 0.3 is 0 Å². The van der Waals surface area contributed by atoms with Crippen LogP contribution in [0.15, 0.2) is 73.1 Å². The molecule has 0 fully saturated rings. The third-order valence-electron chi connectivity index (χ3n) is 6.74. The van der Waals surface area contributed by atoms with Crippen molar-refractivity contribution in [3.05, 3.63) is 94.2 Å². The van der Waals surface area contributed by atoms with Crippen LogP contribution in [0.2, 0.25) is 10.0 Å². The predicted molar refractivity (Wildman–Crippen MR) is 159 cm³/mol. The van der Waals surface area contributed by atoms with Crippen molar-refractivity contribution in [2.24, 2.45) is 0 Å². The second-order valence-electron chi connectivity index (χ2n) is 9.31. The third kappa shape index (κ3) is 5.41. The molecule has 2 N–H and O–H groups in total. The lowest BCUT2D eigenvalue weighted by atomic mass is 9.89. The number of rotatable bonds is 7. The molecule has 0 saturated carbocycles. The van der Waals surface area contributed by atoms with Crippen molar-refractivity contribution in [2.45, 2.75) is 25.7 Å². The molecule has 3 aromatic heterocycles. The van der Waals surface area contributed by atoms with Gasteiger partial charge in [-0.3, -0.25) is 0 Å². The Bertz CT molecular complexity index is 1680. The highest BCUT2D eigenvalue weighted by Crippen LogP contribution is 2.37. The van der Waals surface area contributed by atoms with Crippen LogP contribution in [0.1, 0.15) is 24.0 Å². The van der Waals surface area contributed by atoms with E-state index >= 15 is 0 Å². The van der Waals surface area contributed by atoms with Crippen LogP contribution in [0.25, 0.3) is 22.5 Å². The summed E-state index contributed by atoms with van der Waals surface area (Å²) in [6.45, 7) is 0. The van der Waals surface area contributed by atoms with Crippen LogP contribution in [-0.4, -0.2) is 32.2 Å². The summed E-state index contributed by atoms with van der Waals surface area (Å²) >= 11 is 12.4. The molecule has 0 aliphatic heterocycles. The monoisotopic (exact) mass is 569 g/mol. The molecule has 2 aromatic carbocycles. The Morgan fingerprint density at radius 1 is 0.825 bits per heavy atom. The molecule has 0 amide bonds. The van der Waals surface area contributed by atoms with Crippen LogP contribution >= 0.6 is 23.2 Å². The third-order valence-corrected chi connectivity index (χ3v) is 7.48. The first-order chi connectivity index (χ1) is 19.6. The van der Waals surface area contributed by atoms with E-state index in [0.29, 0.717) is 33.3 Å². The molecule has 40 heavy (non-hydrogen) atoms. The zero-order valence-corrected chi connectivity index (χ0v) is 23.2. The lowest BCUT2D eigenvalue weighted by Crippen LogP contribution is -2.12. The number of aromatic nitrogens is 5. The van der Waals surface area contributed by atoms with E-state index in [-0.39, 0.29) is 0 Å². The molecule has 0 unspecified atom stereocenters. The van der Waals surface area contributed by atoms with Crippen molar-refractivity contribution >= 4 is 40.7 Å². The number of nitrogens with zero attached hydrogens (tertiary/aromatic N) is 5. The smallest absolute Gasteiger partial charge is 0.228 e. The van der Waals surface area contributed by atoms with Crippen LogP contribution in [0.5, 0.6) is 11.6 Å². The lowest BCUT2D eigenvalue weighted by Gasteiger charge is -2.21. The Balaban J connectivity index is 1.23. The lowest BCUT2D eigenvalue weighted by molar-refractivity contribution is 0.465. The van der Waals surface area contributed by atoms with Crippen molar-refractivity contribution in [1.29, 1.82) is 0 Å². The van der Waals surface area contributed by atoms with Crippen LogP contribution in [0.3, 0.4) is 0 Å². The van der Waals surface area contributed by atoms with E-state index in [4.69, 9.17) is 27.9 Å². The summed E-state index contributed by atoms with van der Waals surface area (Å²) < 4.78 is 6.15. The van der Waals surface area contributed by atoms with Gasteiger partial charge in [-0.25, -0.2) is 15.0 Å². The standard InChI is InChI=1S/C30H25Cl2N7O/c1-33-30-35-16-14-26(37-30)23-7-4-15-34-29(23)40-20-11-9-19(10-12-20)36-28-22-6-3-2-5-21(22)27(38-39-28)18-8-13-24(31)25(32)17-18/h4,7-17H,2-3,5-6H2,1H3,(H,36,39)(H,33,35,37). The SMILES string of the molecule is CNc1nccc(-c2cccnc2Oc2ccc(Nc3nnc(-c4ccc(Cl)c(Cl)c4)c4c3CCCC4)cc2)n1. The Labute approximate surface area is 241 Å². The number of anilines is 3. The van der Waals surface area contributed by atoms with Gasteiger partial charge in [0.2, 0.25) is 11.8 Å². The van der Waals surface area contributed by atoms with Gasteiger partial charge in [-0.05, 0) is 85.8 Å². The maximum atomic E-state index is 6.29. The molecule has 0 bridgehead atoms. The first-order valence-corrected chi connectivity index (χ1v) is 13.7. The number of fused-ring (bicyclic) bond motifs is 1. The summed E-state index contributed by atoms with van der Waals surface area (Å²) in [5.41, 5.74) is 6.54. The summed E-state index contributed by atoms with van der Waals surface area (Å²) in [6, 6.07) is 18.9. The molecule has 200 valence electrons. The molecule has 0 saturated heterocycles. The molecule has 1 aliphatic carbocycles. The number of benzene rings is 2. The quantitative estimate of drug-likeness (QED) is 0.205. The van der Waals surface area contributed by atoms with Crippen LogP contribution < -0.4 is 15.4 Å². The topological polar surface area (TPSA) is 97.7 Å². The highest BCUT2D eigenvalue weighted by atomic mass is 35.5. The van der Waals surface area contributed by atoms with E-state index in [1.165, 1.54) is 11.1 Å². The first-order valence-electron chi connectivity index (χ1n) is 12.9. The molecular formula is C30H25Cl2N7O. The van der Waals surface area contributed by atoms with E-state index < -0.39 is 0 Å². The van der Waals surface area contributed by atoms with Crippen LogP contribution in [-0.2, 0) is 12.8 Å². The van der Waals surface area contributed by atoms with Crippen molar-refractivity contribution < 1.29 is 4.74 Å². The van der Waals surface area contributed by atoms with Gasteiger partial charge in [0, 0.05) is 36.3 Å². The van der Waals surface area contributed by atoms with E-state index in [0.717, 1.165) is 54.0 Å². The zero-order valence-electron chi connectivity index (χ0n) is 21.7. The number of ether oxygens (including phenoxy) is 1. The van der Waals surface area contributed by atoms with Gasteiger partial charge in [-0.2, -0.15) is 0 Å². The summed E-state index contributed by atoms with van der Waals surface area (Å²) in [6.07, 6.45) is 7.48. The molecule has 0 atom stereocenters. The number of pyridine rings is 1. The minimum atomic E-state index is 0.460. The Morgan fingerprint density at radius 3 is 2.45 bits per heavy atom. The van der Waals surface area contributed by atoms with Crippen LogP contribution in [0, 0.1) is 0 Å². The molecule has 8 nitrogen and oxygen atoms in total. The summed E-state index contributed by atoms with van der Waals surface area (Å²) in [4.78, 5) is 13.1. The molecule has 6 rings (SSSR count). The van der Waals surface area contributed by atoms with E-state index in [2.05, 4.69) is 35.8 Å². The fourth-order valence-corrected chi connectivity index (χ4v) is 5.07. The van der Waals surface area contributed by atoms with E-state index in [1.54, 1.807) is 25.5 Å². The minimum absolute atomic E-state index is 0.460. The Kier molecular flexibility index (Phi) is 7.44. The van der Waals surface area contributed by atoms with Crippen molar-refractivity contribution in [3.63, 3.8) is 0 Å². The summed E-state index contributed by atoms with van der Waals surface area (Å²) in [5, 5.41) is 16.6. The molecular weight excluding hydrogens is 545 g/mol. The fourth-order valence-electron chi connectivity index (χ4n) is 4.78. The van der Waals surface area contributed by atoms with E-state index in [1.807, 2.05) is 54.6 Å². The average Bonchev–Trinajstić information content (AvgIpc) is 3.00. The predicted octanol–water partition coefficient (Wildman–Crippen LogP) is 7.76. The van der Waals surface area contributed by atoms with Gasteiger partial charge in [0.1, 0.15) is 5.75 Å². The van der Waals surface area contributed by atoms with Gasteiger partial charge < -0.3 is 15.4 Å². The van der Waals surface area contributed by atoms with Gasteiger partial charge in [0.05, 0.1) is 27.0 Å². The number of halogens is 2. The van der Waals surface area contributed by atoms with Gasteiger partial charge in [0.15, 0.2) is 5.82 Å². The molecule has 10 heteroatoms. The minimum Gasteiger partial charge on any atom is -0.438 e. The Morgan fingerprint density at radius 2 is 1.65 bits per heavy atom. The highest BCUT2D eigenvalue weighted by Gasteiger charge is 2.21. The van der Waals surface area contributed by atoms with Crippen LogP contribution in [0.4, 0.5) is 17.5 Å². The van der Waals surface area contributed by atoms with Gasteiger partial charge in [0.25, 0.3) is 0 Å². The Hall–Kier alpha value is -4.27. The van der Waals surface area contributed by atoms with Crippen molar-refractivity contribution in [3.8, 4) is 34.1 Å². The highest BCUT2D eigenvalue weighted by molar-refractivity contribution is 6.42. The molecule has 3 heterocycles. The van der Waals surface area contributed by atoms with Crippen molar-refractivity contribution in [2.75, 3.05) is 17.7 Å². The van der Waals surface area contributed by atoms with Gasteiger partial charge in [-0.15, -0.1) is 10.2 Å². The maximum absolute atomic E-state index is 6.29. The largest absolute Gasteiger partial charge is 0.438 e. The zero-order chi connectivity index (χ0) is 27.5. The molecule has 0 spiro atoms. The van der Waals surface area contributed by atoms with Crippen molar-refractivity contribution in [1.82, 2.24) is 25.1 Å². The second kappa shape index (κ2) is 11.5. The number of hydrogen-bond donors (Lipinski definition) is 2. The second-order valence-corrected chi connectivity index (χ2v) is 10.1. The first kappa shape index (κ1) is 26.0. The number of nitrogens with one attached hydrogen (secondary N) is 2. The molecule has 5 aromatic rings. The fraction of sp³-hybridized carbons (Fsp3) is 0.167. The average molecular weight is 570 g/mol. The summed E-state index contributed by atoms with van der Waals surface area (Å²) in [5.74, 6) is 2.40. The molecule has 0 radical (unpaired) electrons. The van der Waals surface area contributed by atoms with Gasteiger partial charge in [-0.1, -0.05) is 29.3 Å². The summed E-state index contributed by atoms with van der Waals surface area (Å²) in [7, 11) is 1.78.